The fourth-order valence-corrected chi connectivity index (χ4v) is 3.72. The first kappa shape index (κ1) is 19.0. The molecule has 134 valence electrons. The number of hydrogen-bond donors (Lipinski definition) is 1. The van der Waals surface area contributed by atoms with E-state index in [1.807, 2.05) is 57.2 Å². The summed E-state index contributed by atoms with van der Waals surface area (Å²) in [5.74, 6) is -0.374. The van der Waals surface area contributed by atoms with Gasteiger partial charge in [0.15, 0.2) is 0 Å². The molecular weight excluding hydrogens is 336 g/mol. The Bertz CT molecular complexity index is 876. The zero-order valence-electron chi connectivity index (χ0n) is 15.0. The van der Waals surface area contributed by atoms with Gasteiger partial charge in [0.1, 0.15) is 6.54 Å². The molecule has 0 bridgehead atoms. The Balaban J connectivity index is 2.33. The highest BCUT2D eigenvalue weighted by Gasteiger charge is 2.24. The monoisotopic (exact) mass is 360 g/mol. The molecule has 0 saturated carbocycles. The molecule has 2 rings (SSSR count). The average Bonchev–Trinajstić information content (AvgIpc) is 2.51. The highest BCUT2D eigenvalue weighted by molar-refractivity contribution is 7.92. The largest absolute Gasteiger partial charge is 0.325 e. The molecule has 6 heteroatoms. The van der Waals surface area contributed by atoms with Gasteiger partial charge in [-0.3, -0.25) is 9.10 Å². The second-order valence-corrected chi connectivity index (χ2v) is 8.03. The number of rotatable bonds is 6. The number of nitrogens with one attached hydrogen (secondary N) is 1. The molecule has 0 heterocycles. The third-order valence-corrected chi connectivity index (χ3v) is 5.05. The van der Waals surface area contributed by atoms with Crippen LogP contribution in [0.25, 0.3) is 0 Å². The lowest BCUT2D eigenvalue weighted by atomic mass is 10.1. The van der Waals surface area contributed by atoms with Crippen molar-refractivity contribution in [3.63, 3.8) is 0 Å². The normalized spacial score (nSPS) is 11.2. The quantitative estimate of drug-likeness (QED) is 0.860. The van der Waals surface area contributed by atoms with Crippen molar-refractivity contribution >= 4 is 27.3 Å². The van der Waals surface area contributed by atoms with Gasteiger partial charge in [-0.05, 0) is 49.1 Å². The standard InChI is InChI=1S/C19H24N2O3S/c1-5-16-10-7-9-15(3)19(16)21(25(4,23)24)13-18(22)20-17-11-6-8-14(2)12-17/h6-12H,5,13H2,1-4H3,(H,20,22). The van der Waals surface area contributed by atoms with Crippen molar-refractivity contribution in [3.05, 3.63) is 59.2 Å². The number of carbonyl (C=O) groups excluding carboxylic acids is 1. The summed E-state index contributed by atoms with van der Waals surface area (Å²) >= 11 is 0. The maximum atomic E-state index is 12.4. The molecule has 0 fully saturated rings. The zero-order chi connectivity index (χ0) is 18.6. The minimum atomic E-state index is -3.60. The van der Waals surface area contributed by atoms with Crippen LogP contribution in [0.1, 0.15) is 23.6 Å². The van der Waals surface area contributed by atoms with Crippen molar-refractivity contribution in [2.75, 3.05) is 22.4 Å². The number of carbonyl (C=O) groups is 1. The molecule has 2 aromatic carbocycles. The molecule has 1 N–H and O–H groups in total. The van der Waals surface area contributed by atoms with E-state index in [4.69, 9.17) is 0 Å². The van der Waals surface area contributed by atoms with Crippen molar-refractivity contribution < 1.29 is 13.2 Å². The van der Waals surface area contributed by atoms with Gasteiger partial charge in [0, 0.05) is 5.69 Å². The van der Waals surface area contributed by atoms with Crippen molar-refractivity contribution in [1.29, 1.82) is 0 Å². The lowest BCUT2D eigenvalue weighted by molar-refractivity contribution is -0.114. The Labute approximate surface area is 149 Å². The number of anilines is 2. The van der Waals surface area contributed by atoms with Gasteiger partial charge < -0.3 is 5.32 Å². The van der Waals surface area contributed by atoms with Crippen LogP contribution >= 0.6 is 0 Å². The van der Waals surface area contributed by atoms with Crippen LogP contribution in [0.3, 0.4) is 0 Å². The SMILES string of the molecule is CCc1cccc(C)c1N(CC(=O)Nc1cccc(C)c1)S(C)(=O)=O. The molecule has 1 amide bonds. The molecule has 0 aliphatic carbocycles. The summed E-state index contributed by atoms with van der Waals surface area (Å²) in [6, 6.07) is 13.0. The molecule has 0 radical (unpaired) electrons. The molecular formula is C19H24N2O3S. The number of nitrogens with zero attached hydrogens (tertiary/aromatic N) is 1. The van der Waals surface area contributed by atoms with Gasteiger partial charge in [0.2, 0.25) is 15.9 Å². The fourth-order valence-electron chi connectivity index (χ4n) is 2.78. The summed E-state index contributed by atoms with van der Waals surface area (Å²) in [6.45, 7) is 5.49. The third kappa shape index (κ3) is 4.82. The van der Waals surface area contributed by atoms with E-state index in [0.29, 0.717) is 17.8 Å². The second kappa shape index (κ2) is 7.70. The zero-order valence-corrected chi connectivity index (χ0v) is 15.9. The Morgan fingerprint density at radius 2 is 1.80 bits per heavy atom. The van der Waals surface area contributed by atoms with Gasteiger partial charge in [-0.1, -0.05) is 37.3 Å². The first-order chi connectivity index (χ1) is 11.7. The maximum absolute atomic E-state index is 12.4. The van der Waals surface area contributed by atoms with Crippen LogP contribution in [0.4, 0.5) is 11.4 Å². The number of hydrogen-bond acceptors (Lipinski definition) is 3. The van der Waals surface area contributed by atoms with Gasteiger partial charge in [0.25, 0.3) is 0 Å². The first-order valence-electron chi connectivity index (χ1n) is 8.15. The molecule has 0 unspecified atom stereocenters. The van der Waals surface area contributed by atoms with E-state index in [-0.39, 0.29) is 12.5 Å². The van der Waals surface area contributed by atoms with Crippen molar-refractivity contribution in [2.45, 2.75) is 27.2 Å². The highest BCUT2D eigenvalue weighted by atomic mass is 32.2. The van der Waals surface area contributed by atoms with E-state index in [9.17, 15) is 13.2 Å². The summed E-state index contributed by atoms with van der Waals surface area (Å²) in [5.41, 5.74) is 3.98. The first-order valence-corrected chi connectivity index (χ1v) is 10.00. The topological polar surface area (TPSA) is 66.5 Å². The number of sulfonamides is 1. The Kier molecular flexibility index (Phi) is 5.85. The Hall–Kier alpha value is -2.34. The summed E-state index contributed by atoms with van der Waals surface area (Å²) in [6.07, 6.45) is 1.81. The number of amides is 1. The van der Waals surface area contributed by atoms with Crippen LogP contribution < -0.4 is 9.62 Å². The van der Waals surface area contributed by atoms with E-state index in [0.717, 1.165) is 22.9 Å². The van der Waals surface area contributed by atoms with Crippen molar-refractivity contribution in [2.24, 2.45) is 0 Å². The average molecular weight is 360 g/mol. The summed E-state index contributed by atoms with van der Waals surface area (Å²) in [7, 11) is -3.60. The van der Waals surface area contributed by atoms with Crippen LogP contribution in [0, 0.1) is 13.8 Å². The lowest BCUT2D eigenvalue weighted by Crippen LogP contribution is -2.38. The van der Waals surface area contributed by atoms with Gasteiger partial charge in [-0.2, -0.15) is 0 Å². The molecule has 0 aromatic heterocycles. The van der Waals surface area contributed by atoms with E-state index in [1.54, 1.807) is 6.07 Å². The van der Waals surface area contributed by atoms with Crippen LogP contribution in [0.2, 0.25) is 0 Å². The molecule has 0 atom stereocenters. The summed E-state index contributed by atoms with van der Waals surface area (Å²) in [5, 5.41) is 2.77. The molecule has 0 saturated heterocycles. The van der Waals surface area contributed by atoms with E-state index < -0.39 is 10.0 Å². The predicted octanol–water partition coefficient (Wildman–Crippen LogP) is 3.27. The number of benzene rings is 2. The lowest BCUT2D eigenvalue weighted by Gasteiger charge is -2.26. The summed E-state index contributed by atoms with van der Waals surface area (Å²) < 4.78 is 25.9. The Morgan fingerprint density at radius 3 is 2.40 bits per heavy atom. The summed E-state index contributed by atoms with van der Waals surface area (Å²) in [4.78, 5) is 12.4. The van der Waals surface area contributed by atoms with Crippen molar-refractivity contribution in [1.82, 2.24) is 0 Å². The molecule has 0 spiro atoms. The highest BCUT2D eigenvalue weighted by Crippen LogP contribution is 2.27. The van der Waals surface area contributed by atoms with E-state index >= 15 is 0 Å². The van der Waals surface area contributed by atoms with Gasteiger partial charge in [-0.15, -0.1) is 0 Å². The van der Waals surface area contributed by atoms with Gasteiger partial charge >= 0.3 is 0 Å². The second-order valence-electron chi connectivity index (χ2n) is 6.12. The minimum absolute atomic E-state index is 0.259. The molecule has 25 heavy (non-hydrogen) atoms. The molecule has 0 aliphatic heterocycles. The predicted molar refractivity (Wildman–Crippen MR) is 103 cm³/mol. The number of aryl methyl sites for hydroxylation is 3. The molecule has 5 nitrogen and oxygen atoms in total. The fraction of sp³-hybridized carbons (Fsp3) is 0.316. The van der Waals surface area contributed by atoms with Crippen LogP contribution in [0.5, 0.6) is 0 Å². The van der Waals surface area contributed by atoms with Gasteiger partial charge in [-0.25, -0.2) is 8.42 Å². The van der Waals surface area contributed by atoms with Crippen LogP contribution in [0.15, 0.2) is 42.5 Å². The van der Waals surface area contributed by atoms with Crippen LogP contribution in [-0.4, -0.2) is 27.1 Å². The third-order valence-electron chi connectivity index (χ3n) is 3.94. The minimum Gasteiger partial charge on any atom is -0.325 e. The smallest absolute Gasteiger partial charge is 0.245 e. The van der Waals surface area contributed by atoms with Crippen molar-refractivity contribution in [3.8, 4) is 0 Å². The van der Waals surface area contributed by atoms with E-state index in [1.165, 1.54) is 4.31 Å². The molecule has 2 aromatic rings. The van der Waals surface area contributed by atoms with E-state index in [2.05, 4.69) is 5.32 Å². The molecule has 0 aliphatic rings. The van der Waals surface area contributed by atoms with Crippen LogP contribution in [-0.2, 0) is 21.2 Å². The van der Waals surface area contributed by atoms with Gasteiger partial charge in [0.05, 0.1) is 11.9 Å². The Morgan fingerprint density at radius 1 is 1.12 bits per heavy atom. The number of para-hydroxylation sites is 1. The maximum Gasteiger partial charge on any atom is 0.245 e.